The number of halogens is 1. The van der Waals surface area contributed by atoms with Crippen LogP contribution in [0.3, 0.4) is 0 Å². The molecule has 2 saturated heterocycles. The molecule has 0 radical (unpaired) electrons. The van der Waals surface area contributed by atoms with Crippen LogP contribution in [0.25, 0.3) is 10.9 Å². The average Bonchev–Trinajstić information content (AvgIpc) is 1.64. The third-order valence-corrected chi connectivity index (χ3v) is 28.6. The Bertz CT molecular complexity index is 5250. The summed E-state index contributed by atoms with van der Waals surface area (Å²) in [5.41, 5.74) is 2.56. The number of ketones is 2. The number of ether oxygens (including phenoxy) is 4. The molecule has 7 heterocycles. The first-order chi connectivity index (χ1) is 70.5. The average molecular weight is 2050 g/mol. The van der Waals surface area contributed by atoms with Crippen molar-refractivity contribution >= 4 is 105 Å². The van der Waals surface area contributed by atoms with E-state index in [0.29, 0.717) is 121 Å². The largest absolute Gasteiger partial charge is 0.497 e. The third-order valence-electron chi connectivity index (χ3n) is 28.6. The molecule has 0 aliphatic carbocycles. The molecular weight excluding hydrogens is 1890 g/mol. The van der Waals surface area contributed by atoms with Crippen molar-refractivity contribution < 1.29 is 120 Å². The van der Waals surface area contributed by atoms with E-state index in [2.05, 4.69) is 47.9 Å². The van der Waals surface area contributed by atoms with E-state index in [1.165, 1.54) is 63.7 Å². The van der Waals surface area contributed by atoms with Gasteiger partial charge in [-0.25, -0.2) is 9.18 Å². The predicted molar refractivity (Wildman–Crippen MR) is 546 cm³/mol. The van der Waals surface area contributed by atoms with Crippen LogP contribution in [0.4, 0.5) is 4.39 Å². The summed E-state index contributed by atoms with van der Waals surface area (Å²) in [6.07, 6.45) is 15.3. The zero-order valence-corrected chi connectivity index (χ0v) is 86.5. The van der Waals surface area contributed by atoms with Crippen LogP contribution in [0.1, 0.15) is 260 Å². The molecule has 38 heteroatoms. The van der Waals surface area contributed by atoms with E-state index in [1.54, 1.807) is 72.6 Å². The van der Waals surface area contributed by atoms with E-state index in [0.717, 1.165) is 73.8 Å². The van der Waals surface area contributed by atoms with Crippen LogP contribution in [0, 0.1) is 5.82 Å². The molecule has 0 unspecified atom stereocenters. The molecule has 6 aliphatic rings. The predicted octanol–water partition coefficient (Wildman–Crippen LogP) is 8.05. The van der Waals surface area contributed by atoms with Crippen LogP contribution >= 0.6 is 0 Å². The van der Waals surface area contributed by atoms with E-state index < -0.39 is 162 Å². The molecule has 147 heavy (non-hydrogen) atoms. The maximum atomic E-state index is 16.4. The Morgan fingerprint density at radius 3 is 1.92 bits per heavy atom. The fourth-order valence-electron chi connectivity index (χ4n) is 19.7. The Hall–Kier alpha value is -12.1. The highest BCUT2D eigenvalue weighted by molar-refractivity contribution is 6.01. The number of aliphatic hydroxyl groups is 1. The molecule has 4 aromatic carbocycles. The first-order valence-corrected chi connectivity index (χ1v) is 52.9. The number of carbonyl (C=O) groups is 16. The maximum Gasteiger partial charge on any atom is 0.326 e. The Kier molecular flexibility index (Phi) is 47.5. The second kappa shape index (κ2) is 59.8. The van der Waals surface area contributed by atoms with E-state index in [1.807, 2.05) is 42.9 Å². The van der Waals surface area contributed by atoms with E-state index >= 15 is 33.2 Å². The van der Waals surface area contributed by atoms with Gasteiger partial charge in [0.2, 0.25) is 70.9 Å². The van der Waals surface area contributed by atoms with E-state index in [9.17, 15) is 58.2 Å². The van der Waals surface area contributed by atoms with Crippen molar-refractivity contribution in [1.29, 1.82) is 0 Å². The Morgan fingerprint density at radius 1 is 0.578 bits per heavy atom. The number of carboxylic acids is 2. The highest BCUT2D eigenvalue weighted by atomic mass is 19.1. The molecule has 0 saturated carbocycles. The monoisotopic (exact) mass is 2050 g/mol. The molecule has 2 fully saturated rings. The molecule has 11 atom stereocenters. The van der Waals surface area contributed by atoms with Gasteiger partial charge >= 0.3 is 11.9 Å². The zero-order chi connectivity index (χ0) is 106. The summed E-state index contributed by atoms with van der Waals surface area (Å²) in [7, 11) is 5.46. The Morgan fingerprint density at radius 2 is 1.23 bits per heavy atom. The van der Waals surface area contributed by atoms with Crippen molar-refractivity contribution in [2.45, 2.75) is 338 Å². The molecule has 12 N–H and O–H groups in total. The summed E-state index contributed by atoms with van der Waals surface area (Å²) >= 11 is 0. The van der Waals surface area contributed by atoms with Crippen molar-refractivity contribution in [3.05, 3.63) is 136 Å². The van der Waals surface area contributed by atoms with Gasteiger partial charge in [0.25, 0.3) is 0 Å². The topological polar surface area (TPSA) is 494 Å². The number of fused-ring (bicyclic) bond motifs is 16. The van der Waals surface area contributed by atoms with Crippen molar-refractivity contribution in [2.75, 3.05) is 93.5 Å². The number of quaternary nitrogens is 1. The number of nitrogens with one attached hydrogen (secondary N) is 9. The Balaban J connectivity index is 0.845. The molecule has 6 aliphatic heterocycles. The second-order valence-corrected chi connectivity index (χ2v) is 40.8. The Labute approximate surface area is 861 Å². The first kappa shape index (κ1) is 117. The smallest absolute Gasteiger partial charge is 0.326 e. The van der Waals surface area contributed by atoms with Crippen LogP contribution in [0.5, 0.6) is 5.75 Å². The van der Waals surface area contributed by atoms with E-state index in [-0.39, 0.29) is 167 Å². The van der Waals surface area contributed by atoms with Gasteiger partial charge < -0.3 is 106 Å². The number of likely N-dealkylation sites (N-methyl/N-ethyl adjacent to an activating group) is 1. The van der Waals surface area contributed by atoms with Gasteiger partial charge in [-0.3, -0.25) is 71.9 Å². The standard InChI is InChI=1S/C109H155FN14O23/c1-73-100(134)115-86(44-40-83(127)51-60-145-62-63-146-61-59-124(4,5)58-26-30-82(126)41-45-87(107(141)142)114-93(128)31-21-17-15-13-11-9-7-8-10-12-14-16-18-22-32-97(132)133)101(135)116-88-66-78-28-25-29-79(64-78)69-112-95(130)72-147-92-50-57-122-99(92)104(138)119-98(74(2)125)103(137)118-89(65-76-37-42-84(144-6)43-38-76)106(140)123-56-27-52-109(123,3)108(143)111-53-49-75-33-35-77(36-34-75)70-121(96(131)48-47-94(129)113-73)55-24-20-19-23-54-120-71-80(67-90(105(122)139)117-102(88)136)85-68-81(110)39-46-91(85)120/h25,28-29,33-39,42-43,46,64,68,71,73-74,86-90,92,98-99,125H,7-24,26-27,30-32,40-41,44-45,47-63,65-67,69-70,72H2,1-6H3,(H10-,111,112,113,114,115,116,117,118,119,128,129,130,132,133,134,135,136,137,138,141,142,143)/p+1/t73-,74+,86+,87-,88-,89-,90-,92-,98-,99-,109-/m0/s1. The highest BCUT2D eigenvalue weighted by Gasteiger charge is 2.50. The molecule has 1 aromatic heterocycles. The number of rotatable bonds is 42. The van der Waals surface area contributed by atoms with Crippen LogP contribution in [0.2, 0.25) is 0 Å². The van der Waals surface area contributed by atoms with Gasteiger partial charge in [0.15, 0.2) is 0 Å². The minimum absolute atomic E-state index is 0.00115. The van der Waals surface area contributed by atoms with Crippen LogP contribution in [-0.2, 0) is 136 Å². The quantitative estimate of drug-likeness (QED) is 0.0130. The number of hydrogen-bond acceptors (Lipinski definition) is 21. The lowest BCUT2D eigenvalue weighted by atomic mass is 9.95. The lowest BCUT2D eigenvalue weighted by Crippen LogP contribution is -2.64. The number of Topliss-reactive ketones (excluding diaryl/α,β-unsaturated/α-hetero) is 2. The fraction of sp³-hybridized carbons (Fsp3) is 0.615. The van der Waals surface area contributed by atoms with Gasteiger partial charge in [0.05, 0.1) is 66.4 Å². The minimum atomic E-state index is -1.89. The number of methoxy groups -OCH3 is 1. The molecule has 12 amide bonds. The lowest BCUT2D eigenvalue weighted by molar-refractivity contribution is -0.890. The van der Waals surface area contributed by atoms with Crippen molar-refractivity contribution in [3.63, 3.8) is 0 Å². The van der Waals surface area contributed by atoms with Crippen LogP contribution < -0.4 is 52.6 Å². The summed E-state index contributed by atoms with van der Waals surface area (Å²) in [4.78, 5) is 233. The van der Waals surface area contributed by atoms with E-state index in [4.69, 9.17) is 24.1 Å². The van der Waals surface area contributed by atoms with Crippen molar-refractivity contribution in [3.8, 4) is 5.75 Å². The number of nitrogens with zero attached hydrogens (tertiary/aromatic N) is 5. The summed E-state index contributed by atoms with van der Waals surface area (Å²) in [5, 5.41) is 55.8. The molecule has 806 valence electrons. The molecule has 12 bridgehead atoms. The summed E-state index contributed by atoms with van der Waals surface area (Å²) in [6, 6.07) is 12.4. The molecular formula is C109H156FN14O23+. The molecule has 5 aromatic rings. The molecule has 11 rings (SSSR count). The van der Waals surface area contributed by atoms with Crippen LogP contribution in [-0.4, -0.2) is 293 Å². The minimum Gasteiger partial charge on any atom is -0.497 e. The van der Waals surface area contributed by atoms with Gasteiger partial charge in [-0.15, -0.1) is 0 Å². The number of aromatic nitrogens is 1. The van der Waals surface area contributed by atoms with Gasteiger partial charge in [-0.2, -0.15) is 0 Å². The summed E-state index contributed by atoms with van der Waals surface area (Å²) < 4.78 is 41.9. The number of aryl methyl sites for hydroxylation is 1. The van der Waals surface area contributed by atoms with Gasteiger partial charge in [-0.1, -0.05) is 151 Å². The number of carboxylic acid groups (broad SMARTS) is 2. The fourth-order valence-corrected chi connectivity index (χ4v) is 19.7. The van der Waals surface area contributed by atoms with Gasteiger partial charge in [-0.05, 0) is 149 Å². The maximum absolute atomic E-state index is 16.4. The number of carbonyl (C=O) groups excluding carboxylic acids is 14. The number of aliphatic carboxylic acids is 2. The van der Waals surface area contributed by atoms with Crippen LogP contribution in [0.15, 0.2) is 97.2 Å². The second-order valence-electron chi connectivity index (χ2n) is 40.8. The number of benzene rings is 4. The van der Waals surface area contributed by atoms with Crippen molar-refractivity contribution in [2.24, 2.45) is 0 Å². The van der Waals surface area contributed by atoms with Crippen molar-refractivity contribution in [1.82, 2.24) is 67.1 Å². The normalized spacial score (nSPS) is 21.9. The summed E-state index contributed by atoms with van der Waals surface area (Å²) in [6.45, 7) is 5.90. The number of unbranched alkanes of at least 4 members (excludes halogenated alkanes) is 13. The molecule has 0 spiro atoms. The third kappa shape index (κ3) is 38.2. The lowest BCUT2D eigenvalue weighted by Gasteiger charge is -2.37. The van der Waals surface area contributed by atoms with Gasteiger partial charge in [0.1, 0.15) is 90.2 Å². The number of aliphatic hydroxyl groups excluding tert-OH is 1. The molecule has 37 nitrogen and oxygen atoms in total. The highest BCUT2D eigenvalue weighted by Crippen LogP contribution is 2.33. The SMILES string of the molecule is COc1ccc(C[C@@H]2NC(=O)[C@H]([C@@H](C)O)NC(=O)[C@@H]3[C@@H]4CCN3C(=O)[C@@H]3Cc5cn(c6ccc(F)cc56)CCCCCCN(Cc5ccc(cc5)CCNC(=O)[C@]5(C)CCCN5C2=O)C(=O)CCC(=O)N[C@@H](C)C(=O)N[C@H](CCC(=O)CCOCCOCC[N+](C)(C)CCCC(=O)CC[C@H](NC(=O)CCCCCCCCCCCCCCCCC(=O)O)C(=O)O)C(=O)N[C@@H](Cc2cccc(c2)CNC(=O)CO4)C(=O)N3)cc1. The first-order valence-electron chi connectivity index (χ1n) is 52.9. The van der Waals surface area contributed by atoms with Gasteiger partial charge in [0, 0.05) is 140 Å². The number of hydrogen-bond donors (Lipinski definition) is 12. The summed E-state index contributed by atoms with van der Waals surface area (Å²) in [5.74, 6) is -11.7. The zero-order valence-electron chi connectivity index (χ0n) is 86.5. The number of amides is 12.